The van der Waals surface area contributed by atoms with Crippen molar-refractivity contribution in [1.29, 1.82) is 0 Å². The van der Waals surface area contributed by atoms with E-state index in [0.717, 1.165) is 35.0 Å². The molecule has 1 aromatic carbocycles. The van der Waals surface area contributed by atoms with E-state index in [9.17, 15) is 0 Å². The van der Waals surface area contributed by atoms with E-state index in [-0.39, 0.29) is 6.04 Å². The summed E-state index contributed by atoms with van der Waals surface area (Å²) < 4.78 is 11.0. The number of piperidine rings is 1. The van der Waals surface area contributed by atoms with Crippen molar-refractivity contribution in [2.24, 2.45) is 5.73 Å². The van der Waals surface area contributed by atoms with Crippen molar-refractivity contribution < 1.29 is 9.47 Å². The van der Waals surface area contributed by atoms with Crippen molar-refractivity contribution in [1.82, 2.24) is 4.90 Å². The third-order valence-electron chi connectivity index (χ3n) is 4.40. The predicted octanol–water partition coefficient (Wildman–Crippen LogP) is 2.91. The SMILES string of the molecule is CC(N)C1CCCCN1Cc1cc(Cl)cc2c1OCOC2. The first-order valence-electron chi connectivity index (χ1n) is 7.66. The molecule has 4 nitrogen and oxygen atoms in total. The van der Waals surface area contributed by atoms with Crippen LogP contribution in [0.3, 0.4) is 0 Å². The predicted molar refractivity (Wildman–Crippen MR) is 83.4 cm³/mol. The van der Waals surface area contributed by atoms with Gasteiger partial charge in [0, 0.05) is 34.8 Å². The summed E-state index contributed by atoms with van der Waals surface area (Å²) in [6, 6.07) is 4.56. The Morgan fingerprint density at radius 3 is 3.10 bits per heavy atom. The Bertz CT molecular complexity index is 507. The van der Waals surface area contributed by atoms with Crippen LogP contribution in [0.4, 0.5) is 0 Å². The van der Waals surface area contributed by atoms with Gasteiger partial charge in [-0.1, -0.05) is 18.0 Å². The summed E-state index contributed by atoms with van der Waals surface area (Å²) in [5.41, 5.74) is 8.35. The number of benzene rings is 1. The molecule has 1 fully saturated rings. The fraction of sp³-hybridized carbons (Fsp3) is 0.625. The highest BCUT2D eigenvalue weighted by Gasteiger charge is 2.27. The van der Waals surface area contributed by atoms with Crippen LogP contribution >= 0.6 is 11.6 Å². The average molecular weight is 311 g/mol. The van der Waals surface area contributed by atoms with E-state index in [1.54, 1.807) is 0 Å². The largest absolute Gasteiger partial charge is 0.467 e. The first kappa shape index (κ1) is 15.1. The van der Waals surface area contributed by atoms with Gasteiger partial charge in [0.05, 0.1) is 6.61 Å². The highest BCUT2D eigenvalue weighted by molar-refractivity contribution is 6.30. The van der Waals surface area contributed by atoms with Crippen LogP contribution in [-0.4, -0.2) is 30.3 Å². The van der Waals surface area contributed by atoms with Gasteiger partial charge in [-0.2, -0.15) is 0 Å². The normalized spacial score (nSPS) is 24.2. The van der Waals surface area contributed by atoms with E-state index in [1.165, 1.54) is 19.3 Å². The van der Waals surface area contributed by atoms with E-state index in [0.29, 0.717) is 19.4 Å². The second kappa shape index (κ2) is 6.53. The minimum atomic E-state index is 0.185. The minimum Gasteiger partial charge on any atom is -0.467 e. The van der Waals surface area contributed by atoms with Gasteiger partial charge in [-0.3, -0.25) is 4.90 Å². The number of halogens is 1. The van der Waals surface area contributed by atoms with Crippen LogP contribution in [0.5, 0.6) is 5.75 Å². The third kappa shape index (κ3) is 3.34. The molecule has 2 aliphatic rings. The molecule has 116 valence electrons. The lowest BCUT2D eigenvalue weighted by Gasteiger charge is -2.38. The molecule has 5 heteroatoms. The molecule has 2 heterocycles. The average Bonchev–Trinajstić information content (AvgIpc) is 2.47. The maximum Gasteiger partial charge on any atom is 0.189 e. The summed E-state index contributed by atoms with van der Waals surface area (Å²) in [5, 5.41) is 0.743. The lowest BCUT2D eigenvalue weighted by atomic mass is 9.96. The molecule has 3 rings (SSSR count). The minimum absolute atomic E-state index is 0.185. The molecule has 0 radical (unpaired) electrons. The molecular weight excluding hydrogens is 288 g/mol. The van der Waals surface area contributed by atoms with Gasteiger partial charge in [0.15, 0.2) is 6.79 Å². The van der Waals surface area contributed by atoms with Crippen molar-refractivity contribution in [2.45, 2.75) is 51.4 Å². The Morgan fingerprint density at radius 2 is 2.29 bits per heavy atom. The Labute approximate surface area is 131 Å². The van der Waals surface area contributed by atoms with Gasteiger partial charge in [0.1, 0.15) is 5.75 Å². The first-order chi connectivity index (χ1) is 10.1. The summed E-state index contributed by atoms with van der Waals surface area (Å²) in [4.78, 5) is 2.47. The van der Waals surface area contributed by atoms with Crippen LogP contribution in [0.15, 0.2) is 12.1 Å². The van der Waals surface area contributed by atoms with Gasteiger partial charge in [-0.15, -0.1) is 0 Å². The molecule has 2 unspecified atom stereocenters. The molecule has 0 bridgehead atoms. The lowest BCUT2D eigenvalue weighted by molar-refractivity contribution is -0.0178. The molecule has 0 amide bonds. The van der Waals surface area contributed by atoms with Crippen LogP contribution in [0.25, 0.3) is 0 Å². The zero-order valence-electron chi connectivity index (χ0n) is 12.5. The van der Waals surface area contributed by atoms with E-state index < -0.39 is 0 Å². The van der Waals surface area contributed by atoms with E-state index >= 15 is 0 Å². The molecule has 0 aromatic heterocycles. The molecule has 0 saturated carbocycles. The molecule has 1 saturated heterocycles. The Kier molecular flexibility index (Phi) is 4.69. The molecule has 21 heavy (non-hydrogen) atoms. The molecule has 2 atom stereocenters. The molecule has 2 N–H and O–H groups in total. The van der Waals surface area contributed by atoms with Crippen molar-refractivity contribution in [3.05, 3.63) is 28.3 Å². The van der Waals surface area contributed by atoms with Gasteiger partial charge in [-0.05, 0) is 38.4 Å². The highest BCUT2D eigenvalue weighted by Crippen LogP contribution is 2.33. The molecule has 1 aromatic rings. The van der Waals surface area contributed by atoms with E-state index in [1.807, 2.05) is 12.1 Å². The van der Waals surface area contributed by atoms with Crippen molar-refractivity contribution in [3.63, 3.8) is 0 Å². The number of hydrogen-bond donors (Lipinski definition) is 1. The van der Waals surface area contributed by atoms with Crippen LogP contribution in [0.2, 0.25) is 5.02 Å². The van der Waals surface area contributed by atoms with Crippen LogP contribution in [0, 0.1) is 0 Å². The second-order valence-electron chi connectivity index (χ2n) is 6.06. The monoisotopic (exact) mass is 310 g/mol. The Hall–Kier alpha value is -0.810. The maximum atomic E-state index is 6.24. The summed E-state index contributed by atoms with van der Waals surface area (Å²) >= 11 is 6.24. The zero-order chi connectivity index (χ0) is 14.8. The quantitative estimate of drug-likeness (QED) is 0.932. The molecular formula is C16H23ClN2O2. The number of nitrogens with two attached hydrogens (primary N) is 1. The fourth-order valence-corrected chi connectivity index (χ4v) is 3.66. The summed E-state index contributed by atoms with van der Waals surface area (Å²) in [6.45, 7) is 4.91. The summed E-state index contributed by atoms with van der Waals surface area (Å²) in [6.07, 6.45) is 3.67. The summed E-state index contributed by atoms with van der Waals surface area (Å²) in [7, 11) is 0. The van der Waals surface area contributed by atoms with E-state index in [2.05, 4.69) is 11.8 Å². The van der Waals surface area contributed by atoms with Crippen molar-refractivity contribution in [3.8, 4) is 5.75 Å². The van der Waals surface area contributed by atoms with Crippen LogP contribution < -0.4 is 10.5 Å². The van der Waals surface area contributed by atoms with Gasteiger partial charge in [0.25, 0.3) is 0 Å². The number of nitrogens with zero attached hydrogens (tertiary/aromatic N) is 1. The van der Waals surface area contributed by atoms with E-state index in [4.69, 9.17) is 26.8 Å². The number of ether oxygens (including phenoxy) is 2. The van der Waals surface area contributed by atoms with Gasteiger partial charge in [0.2, 0.25) is 0 Å². The van der Waals surface area contributed by atoms with Gasteiger partial charge >= 0.3 is 0 Å². The standard InChI is InChI=1S/C16H23ClN2O2/c1-11(18)15-4-2-3-5-19(15)8-12-6-14(17)7-13-9-20-10-21-16(12)13/h6-7,11,15H,2-5,8-10,18H2,1H3. The summed E-state index contributed by atoms with van der Waals surface area (Å²) in [5.74, 6) is 0.944. The number of hydrogen-bond acceptors (Lipinski definition) is 4. The molecule has 0 spiro atoms. The maximum absolute atomic E-state index is 6.24. The second-order valence-corrected chi connectivity index (χ2v) is 6.49. The van der Waals surface area contributed by atoms with Crippen LogP contribution in [-0.2, 0) is 17.9 Å². The number of fused-ring (bicyclic) bond motifs is 1. The fourth-order valence-electron chi connectivity index (χ4n) is 3.40. The smallest absolute Gasteiger partial charge is 0.189 e. The topological polar surface area (TPSA) is 47.7 Å². The molecule has 2 aliphatic heterocycles. The lowest BCUT2D eigenvalue weighted by Crippen LogP contribution is -2.48. The number of rotatable bonds is 3. The van der Waals surface area contributed by atoms with Crippen molar-refractivity contribution in [2.75, 3.05) is 13.3 Å². The Balaban J connectivity index is 1.85. The zero-order valence-corrected chi connectivity index (χ0v) is 13.2. The van der Waals surface area contributed by atoms with Gasteiger partial charge in [-0.25, -0.2) is 0 Å². The van der Waals surface area contributed by atoms with Crippen LogP contribution in [0.1, 0.15) is 37.3 Å². The van der Waals surface area contributed by atoms with Crippen molar-refractivity contribution >= 4 is 11.6 Å². The first-order valence-corrected chi connectivity index (χ1v) is 8.04. The molecule has 0 aliphatic carbocycles. The third-order valence-corrected chi connectivity index (χ3v) is 4.61. The Morgan fingerprint density at radius 1 is 1.43 bits per heavy atom. The number of likely N-dealkylation sites (tertiary alicyclic amines) is 1. The van der Waals surface area contributed by atoms with Gasteiger partial charge < -0.3 is 15.2 Å². The highest BCUT2D eigenvalue weighted by atomic mass is 35.5.